The zero-order chi connectivity index (χ0) is 24.7. The highest BCUT2D eigenvalue weighted by atomic mass is 16.5. The van der Waals surface area contributed by atoms with Crippen LogP contribution in [0.4, 0.5) is 4.79 Å². The van der Waals surface area contributed by atoms with Gasteiger partial charge in [-0.1, -0.05) is 61.9 Å². The molecule has 0 fully saturated rings. The lowest BCUT2D eigenvalue weighted by atomic mass is 9.98. The molecule has 34 heavy (non-hydrogen) atoms. The van der Waals surface area contributed by atoms with Crippen LogP contribution in [0.1, 0.15) is 36.8 Å². The fraction of sp³-hybridized carbons (Fsp3) is 0.423. The molecule has 0 spiro atoms. The highest BCUT2D eigenvalue weighted by Crippen LogP contribution is 2.44. The van der Waals surface area contributed by atoms with Crippen LogP contribution in [0.15, 0.2) is 48.5 Å². The van der Waals surface area contributed by atoms with Gasteiger partial charge in [0.25, 0.3) is 0 Å². The number of rotatable bonds is 11. The lowest BCUT2D eigenvalue weighted by Crippen LogP contribution is -2.50. The number of hydrogen-bond donors (Lipinski definition) is 3. The number of benzene rings is 2. The molecular formula is C26H33N3O5. The molecule has 0 radical (unpaired) electrons. The van der Waals surface area contributed by atoms with Gasteiger partial charge < -0.3 is 25.4 Å². The minimum Gasteiger partial charge on any atom is -0.480 e. The Morgan fingerprint density at radius 1 is 1.03 bits per heavy atom. The zero-order valence-electron chi connectivity index (χ0n) is 19.9. The third kappa shape index (κ3) is 6.14. The first kappa shape index (κ1) is 25.2. The van der Waals surface area contributed by atoms with Crippen LogP contribution < -0.4 is 10.6 Å². The molecule has 8 heteroatoms. The summed E-state index contributed by atoms with van der Waals surface area (Å²) in [5, 5.41) is 14.6. The van der Waals surface area contributed by atoms with E-state index in [1.54, 1.807) is 19.0 Å². The van der Waals surface area contributed by atoms with Gasteiger partial charge in [-0.05, 0) is 42.8 Å². The van der Waals surface area contributed by atoms with Crippen LogP contribution in [0.5, 0.6) is 0 Å². The predicted molar refractivity (Wildman–Crippen MR) is 130 cm³/mol. The number of nitrogens with zero attached hydrogens (tertiary/aromatic N) is 1. The summed E-state index contributed by atoms with van der Waals surface area (Å²) in [4.78, 5) is 38.3. The first-order valence-corrected chi connectivity index (χ1v) is 11.6. The molecule has 2 atom stereocenters. The molecule has 182 valence electrons. The molecule has 0 aliphatic heterocycles. The summed E-state index contributed by atoms with van der Waals surface area (Å²) < 4.78 is 5.54. The standard InChI is InChI=1S/C26H33N3O5/c1-4-9-17(24(30)28-23(25(31)32)15-29(2)3)14-27-26(33)34-16-22-20-12-7-5-10-18(20)19-11-6-8-13-21(19)22/h5-8,10-13,17,22-23H,4,9,14-16H2,1-3H3,(H,27,33)(H,28,30)(H,31,32)/t17?,23-/m0/s1. The van der Waals surface area contributed by atoms with Crippen molar-refractivity contribution in [2.75, 3.05) is 33.8 Å². The first-order chi connectivity index (χ1) is 16.3. The Labute approximate surface area is 200 Å². The van der Waals surface area contributed by atoms with E-state index in [1.165, 1.54) is 0 Å². The van der Waals surface area contributed by atoms with E-state index in [0.717, 1.165) is 28.7 Å². The molecule has 2 aromatic rings. The Morgan fingerprint density at radius 3 is 2.15 bits per heavy atom. The Bertz CT molecular complexity index is 978. The maximum absolute atomic E-state index is 12.7. The third-order valence-electron chi connectivity index (χ3n) is 6.01. The molecule has 0 bridgehead atoms. The highest BCUT2D eigenvalue weighted by Gasteiger charge is 2.29. The topological polar surface area (TPSA) is 108 Å². The van der Waals surface area contributed by atoms with E-state index in [4.69, 9.17) is 4.74 Å². The van der Waals surface area contributed by atoms with Gasteiger partial charge in [-0.2, -0.15) is 0 Å². The Kier molecular flexibility index (Phi) is 8.65. The third-order valence-corrected chi connectivity index (χ3v) is 6.01. The minimum absolute atomic E-state index is 0.0461. The van der Waals surface area contributed by atoms with Gasteiger partial charge in [0.15, 0.2) is 0 Å². The number of fused-ring (bicyclic) bond motifs is 3. The molecule has 2 amide bonds. The van der Waals surface area contributed by atoms with Crippen LogP contribution >= 0.6 is 0 Å². The van der Waals surface area contributed by atoms with Crippen molar-refractivity contribution in [2.24, 2.45) is 5.92 Å². The molecule has 3 N–H and O–H groups in total. The number of ether oxygens (including phenoxy) is 1. The smallest absolute Gasteiger partial charge is 0.407 e. The lowest BCUT2D eigenvalue weighted by Gasteiger charge is -2.22. The molecule has 1 aliphatic rings. The molecule has 0 aromatic heterocycles. The van der Waals surface area contributed by atoms with Crippen LogP contribution in [0.2, 0.25) is 0 Å². The summed E-state index contributed by atoms with van der Waals surface area (Å²) in [5.74, 6) is -2.08. The van der Waals surface area contributed by atoms with Crippen molar-refractivity contribution in [3.63, 3.8) is 0 Å². The SMILES string of the molecule is CCCC(CNC(=O)OCC1c2ccccc2-c2ccccc21)C(=O)N[C@@H](CN(C)C)C(=O)O. The number of carboxylic acids is 1. The second-order valence-electron chi connectivity index (χ2n) is 8.85. The average Bonchev–Trinajstić information content (AvgIpc) is 3.13. The van der Waals surface area contributed by atoms with E-state index in [-0.39, 0.29) is 25.6 Å². The molecule has 1 aliphatic carbocycles. The van der Waals surface area contributed by atoms with Crippen LogP contribution in [-0.2, 0) is 14.3 Å². The number of likely N-dealkylation sites (N-methyl/N-ethyl adjacent to an activating group) is 1. The zero-order valence-corrected chi connectivity index (χ0v) is 19.9. The number of carbonyl (C=O) groups excluding carboxylic acids is 2. The fourth-order valence-electron chi connectivity index (χ4n) is 4.37. The van der Waals surface area contributed by atoms with Gasteiger partial charge in [0.05, 0.1) is 5.92 Å². The number of carboxylic acid groups (broad SMARTS) is 1. The van der Waals surface area contributed by atoms with Crippen molar-refractivity contribution in [3.8, 4) is 11.1 Å². The number of amides is 2. The van der Waals surface area contributed by atoms with Gasteiger partial charge >= 0.3 is 12.1 Å². The first-order valence-electron chi connectivity index (χ1n) is 11.6. The van der Waals surface area contributed by atoms with Crippen molar-refractivity contribution in [3.05, 3.63) is 59.7 Å². The van der Waals surface area contributed by atoms with Crippen molar-refractivity contribution >= 4 is 18.0 Å². The molecule has 3 rings (SSSR count). The van der Waals surface area contributed by atoms with E-state index in [2.05, 4.69) is 34.9 Å². The van der Waals surface area contributed by atoms with Crippen LogP contribution in [0.3, 0.4) is 0 Å². The Hall–Kier alpha value is -3.39. The number of aliphatic carboxylic acids is 1. The van der Waals surface area contributed by atoms with Gasteiger partial charge in [-0.25, -0.2) is 9.59 Å². The van der Waals surface area contributed by atoms with E-state index in [1.807, 2.05) is 31.2 Å². The van der Waals surface area contributed by atoms with Gasteiger partial charge in [-0.3, -0.25) is 4.79 Å². The minimum atomic E-state index is -1.10. The molecule has 8 nitrogen and oxygen atoms in total. The predicted octanol–water partition coefficient (Wildman–Crippen LogP) is 3.07. The summed E-state index contributed by atoms with van der Waals surface area (Å²) >= 11 is 0. The molecule has 0 saturated heterocycles. The Morgan fingerprint density at radius 2 is 1.62 bits per heavy atom. The summed E-state index contributed by atoms with van der Waals surface area (Å²) in [6.07, 6.45) is 0.637. The van der Waals surface area contributed by atoms with Crippen molar-refractivity contribution in [1.29, 1.82) is 0 Å². The van der Waals surface area contributed by atoms with Crippen molar-refractivity contribution < 1.29 is 24.2 Å². The van der Waals surface area contributed by atoms with E-state index >= 15 is 0 Å². The second kappa shape index (κ2) is 11.7. The summed E-state index contributed by atoms with van der Waals surface area (Å²) in [6, 6.07) is 15.2. The van der Waals surface area contributed by atoms with Crippen LogP contribution in [0.25, 0.3) is 11.1 Å². The summed E-state index contributed by atoms with van der Waals surface area (Å²) in [6.45, 7) is 2.38. The van der Waals surface area contributed by atoms with Crippen LogP contribution in [-0.4, -0.2) is 67.8 Å². The maximum atomic E-state index is 12.7. The lowest BCUT2D eigenvalue weighted by molar-refractivity contribution is -0.142. The largest absolute Gasteiger partial charge is 0.480 e. The number of hydrogen-bond acceptors (Lipinski definition) is 5. The Balaban J connectivity index is 1.57. The number of alkyl carbamates (subject to hydrolysis) is 1. The van der Waals surface area contributed by atoms with E-state index < -0.39 is 29.9 Å². The van der Waals surface area contributed by atoms with Crippen LogP contribution in [0, 0.1) is 5.92 Å². The maximum Gasteiger partial charge on any atom is 0.407 e. The van der Waals surface area contributed by atoms with Crippen molar-refractivity contribution in [1.82, 2.24) is 15.5 Å². The molecule has 2 aromatic carbocycles. The van der Waals surface area contributed by atoms with E-state index in [0.29, 0.717) is 6.42 Å². The molecule has 0 heterocycles. The summed E-state index contributed by atoms with van der Waals surface area (Å²) in [5.41, 5.74) is 4.55. The monoisotopic (exact) mass is 467 g/mol. The molecule has 0 saturated carbocycles. The normalized spacial score (nSPS) is 14.1. The van der Waals surface area contributed by atoms with Gasteiger partial charge in [0.1, 0.15) is 12.6 Å². The highest BCUT2D eigenvalue weighted by molar-refractivity contribution is 5.85. The fourth-order valence-corrected chi connectivity index (χ4v) is 4.37. The van der Waals surface area contributed by atoms with Gasteiger partial charge in [0, 0.05) is 19.0 Å². The molecule has 1 unspecified atom stereocenters. The number of nitrogens with one attached hydrogen (secondary N) is 2. The van der Waals surface area contributed by atoms with E-state index in [9.17, 15) is 19.5 Å². The summed E-state index contributed by atoms with van der Waals surface area (Å²) in [7, 11) is 3.48. The van der Waals surface area contributed by atoms with Gasteiger partial charge in [-0.15, -0.1) is 0 Å². The number of carbonyl (C=O) groups is 3. The average molecular weight is 468 g/mol. The van der Waals surface area contributed by atoms with Crippen molar-refractivity contribution in [2.45, 2.75) is 31.7 Å². The second-order valence-corrected chi connectivity index (χ2v) is 8.85. The van der Waals surface area contributed by atoms with Gasteiger partial charge in [0.2, 0.25) is 5.91 Å². The molecular weight excluding hydrogens is 434 g/mol. The quantitative estimate of drug-likeness (QED) is 0.469.